The summed E-state index contributed by atoms with van der Waals surface area (Å²) in [5.74, 6) is 0.454. The van der Waals surface area contributed by atoms with Gasteiger partial charge >= 0.3 is 0 Å². The first kappa shape index (κ1) is 25.5. The number of halogens is 1. The highest BCUT2D eigenvalue weighted by molar-refractivity contribution is 7.91. The minimum absolute atomic E-state index is 0.00740. The van der Waals surface area contributed by atoms with Crippen LogP contribution >= 0.6 is 11.6 Å². The Kier molecular flexibility index (Phi) is 7.97. The highest BCUT2D eigenvalue weighted by Crippen LogP contribution is 2.26. The topological polar surface area (TPSA) is 70.6 Å². The SMILES string of the molecule is Cc1cc(N2CCC(CC(=O)N(C)CCCS(=O)(=O)c3ccc4cc(Cl)ccc4c3)CC2)ccn1. The maximum Gasteiger partial charge on any atom is 0.222 e. The Morgan fingerprint density at radius 3 is 2.54 bits per heavy atom. The number of carbonyl (C=O) groups is 1. The largest absolute Gasteiger partial charge is 0.371 e. The van der Waals surface area contributed by atoms with Gasteiger partial charge in [0.2, 0.25) is 5.91 Å². The summed E-state index contributed by atoms with van der Waals surface area (Å²) in [6.07, 6.45) is 4.71. The van der Waals surface area contributed by atoms with Gasteiger partial charge in [-0.1, -0.05) is 23.7 Å². The van der Waals surface area contributed by atoms with Crippen LogP contribution in [0.1, 0.15) is 31.4 Å². The Morgan fingerprint density at radius 2 is 1.80 bits per heavy atom. The van der Waals surface area contributed by atoms with E-state index in [-0.39, 0.29) is 11.7 Å². The molecule has 6 nitrogen and oxygen atoms in total. The summed E-state index contributed by atoms with van der Waals surface area (Å²) in [4.78, 5) is 21.3. The lowest BCUT2D eigenvalue weighted by molar-refractivity contribution is -0.131. The fourth-order valence-corrected chi connectivity index (χ4v) is 6.16. The Hall–Kier alpha value is -2.64. The van der Waals surface area contributed by atoms with Crippen LogP contribution in [-0.2, 0) is 14.6 Å². The van der Waals surface area contributed by atoms with Gasteiger partial charge in [0.05, 0.1) is 10.6 Å². The number of pyridine rings is 1. The quantitative estimate of drug-likeness (QED) is 0.418. The first-order valence-corrected chi connectivity index (χ1v) is 14.1. The number of anilines is 1. The number of benzene rings is 2. The van der Waals surface area contributed by atoms with Crippen molar-refractivity contribution in [2.45, 2.75) is 37.5 Å². The van der Waals surface area contributed by atoms with E-state index >= 15 is 0 Å². The molecule has 8 heteroatoms. The van der Waals surface area contributed by atoms with Crippen LogP contribution in [0.15, 0.2) is 59.6 Å². The molecule has 1 amide bonds. The summed E-state index contributed by atoms with van der Waals surface area (Å²) in [5, 5.41) is 2.37. The van der Waals surface area contributed by atoms with Gasteiger partial charge in [0.15, 0.2) is 9.84 Å². The monoisotopic (exact) mass is 513 g/mol. The number of aryl methyl sites for hydroxylation is 1. The van der Waals surface area contributed by atoms with Crippen LogP contribution in [0.4, 0.5) is 5.69 Å². The second kappa shape index (κ2) is 11.0. The van der Waals surface area contributed by atoms with Crippen molar-refractivity contribution >= 4 is 43.8 Å². The minimum Gasteiger partial charge on any atom is -0.371 e. The summed E-state index contributed by atoms with van der Waals surface area (Å²) in [5.41, 5.74) is 2.20. The Bertz CT molecular complexity index is 1300. The molecular weight excluding hydrogens is 482 g/mol. The van der Waals surface area contributed by atoms with E-state index in [0.29, 0.717) is 35.2 Å². The first-order chi connectivity index (χ1) is 16.7. The normalized spacial score (nSPS) is 14.9. The van der Waals surface area contributed by atoms with E-state index in [0.717, 1.165) is 42.4 Å². The molecule has 0 bridgehead atoms. The molecule has 2 aromatic carbocycles. The first-order valence-electron chi connectivity index (χ1n) is 12.0. The molecule has 0 spiro atoms. The molecule has 35 heavy (non-hydrogen) atoms. The number of aromatic nitrogens is 1. The highest BCUT2D eigenvalue weighted by Gasteiger charge is 2.23. The van der Waals surface area contributed by atoms with Crippen molar-refractivity contribution in [1.82, 2.24) is 9.88 Å². The maximum absolute atomic E-state index is 12.8. The summed E-state index contributed by atoms with van der Waals surface area (Å²) in [7, 11) is -1.66. The van der Waals surface area contributed by atoms with Crippen LogP contribution < -0.4 is 4.90 Å². The van der Waals surface area contributed by atoms with Crippen LogP contribution in [0.2, 0.25) is 5.02 Å². The third-order valence-electron chi connectivity index (χ3n) is 6.79. The number of amides is 1. The van der Waals surface area contributed by atoms with E-state index in [1.807, 2.05) is 31.3 Å². The second-order valence-electron chi connectivity index (χ2n) is 9.43. The Labute approximate surface area is 212 Å². The third kappa shape index (κ3) is 6.53. The summed E-state index contributed by atoms with van der Waals surface area (Å²) in [6, 6.07) is 14.6. The Balaban J connectivity index is 1.24. The van der Waals surface area contributed by atoms with Gasteiger partial charge in [-0.05, 0) is 79.3 Å². The number of hydrogen-bond donors (Lipinski definition) is 0. The molecule has 3 aromatic rings. The highest BCUT2D eigenvalue weighted by atomic mass is 35.5. The number of nitrogens with zero attached hydrogens (tertiary/aromatic N) is 3. The van der Waals surface area contributed by atoms with Gasteiger partial charge in [-0.3, -0.25) is 9.78 Å². The smallest absolute Gasteiger partial charge is 0.222 e. The lowest BCUT2D eigenvalue weighted by Crippen LogP contribution is -2.36. The standard InChI is InChI=1S/C27H32ClN3O3S/c1-20-16-25(8-11-29-20)31-13-9-21(10-14-31)17-27(32)30(2)12-3-15-35(33,34)26-7-5-22-18-24(28)6-4-23(22)19-26/h4-8,11,16,18-19,21H,3,9-10,12-15,17H2,1-2H3. The van der Waals surface area contributed by atoms with Crippen LogP contribution in [0, 0.1) is 12.8 Å². The van der Waals surface area contributed by atoms with Crippen LogP contribution in [-0.4, -0.2) is 56.6 Å². The van der Waals surface area contributed by atoms with E-state index in [9.17, 15) is 13.2 Å². The van der Waals surface area contributed by atoms with Crippen LogP contribution in [0.3, 0.4) is 0 Å². The van der Waals surface area contributed by atoms with Crippen molar-refractivity contribution in [2.75, 3.05) is 37.3 Å². The van der Waals surface area contributed by atoms with Gasteiger partial charge < -0.3 is 9.80 Å². The predicted molar refractivity (Wildman–Crippen MR) is 142 cm³/mol. The molecule has 0 radical (unpaired) electrons. The van der Waals surface area contributed by atoms with Crippen molar-refractivity contribution in [2.24, 2.45) is 5.92 Å². The van der Waals surface area contributed by atoms with E-state index in [2.05, 4.69) is 16.0 Å². The Morgan fingerprint density at radius 1 is 1.09 bits per heavy atom. The van der Waals surface area contributed by atoms with E-state index in [1.54, 1.807) is 36.2 Å². The van der Waals surface area contributed by atoms with Crippen molar-refractivity contribution in [3.8, 4) is 0 Å². The van der Waals surface area contributed by atoms with E-state index in [4.69, 9.17) is 11.6 Å². The number of carbonyl (C=O) groups excluding carboxylic acids is 1. The molecule has 1 aliphatic heterocycles. The van der Waals surface area contributed by atoms with Crippen LogP contribution in [0.25, 0.3) is 10.8 Å². The van der Waals surface area contributed by atoms with Gasteiger partial charge in [-0.25, -0.2) is 8.42 Å². The molecule has 1 aromatic heterocycles. The number of hydrogen-bond acceptors (Lipinski definition) is 5. The predicted octanol–water partition coefficient (Wildman–Crippen LogP) is 5.13. The molecular formula is C27H32ClN3O3S. The zero-order valence-electron chi connectivity index (χ0n) is 20.3. The fourth-order valence-electron chi connectivity index (χ4n) is 4.65. The van der Waals surface area contributed by atoms with Gasteiger partial charge in [0.1, 0.15) is 0 Å². The number of rotatable bonds is 8. The van der Waals surface area contributed by atoms with Gasteiger partial charge in [-0.2, -0.15) is 0 Å². The van der Waals surface area contributed by atoms with Crippen LogP contribution in [0.5, 0.6) is 0 Å². The lowest BCUT2D eigenvalue weighted by atomic mass is 9.92. The number of fused-ring (bicyclic) bond motifs is 1. The molecule has 1 fully saturated rings. The molecule has 0 saturated carbocycles. The maximum atomic E-state index is 12.8. The van der Waals surface area contributed by atoms with Crippen molar-refractivity contribution < 1.29 is 13.2 Å². The molecule has 2 heterocycles. The molecule has 0 atom stereocenters. The molecule has 1 saturated heterocycles. The average Bonchev–Trinajstić information content (AvgIpc) is 2.84. The zero-order chi connectivity index (χ0) is 25.0. The van der Waals surface area contributed by atoms with Crippen molar-refractivity contribution in [1.29, 1.82) is 0 Å². The summed E-state index contributed by atoms with van der Waals surface area (Å²) >= 11 is 6.02. The molecule has 4 rings (SSSR count). The molecule has 1 aliphatic rings. The lowest BCUT2D eigenvalue weighted by Gasteiger charge is -2.34. The zero-order valence-corrected chi connectivity index (χ0v) is 21.9. The molecule has 0 N–H and O–H groups in total. The molecule has 186 valence electrons. The molecule has 0 aliphatic carbocycles. The van der Waals surface area contributed by atoms with Gasteiger partial charge in [0.25, 0.3) is 0 Å². The third-order valence-corrected chi connectivity index (χ3v) is 8.82. The summed E-state index contributed by atoms with van der Waals surface area (Å²) < 4.78 is 25.7. The van der Waals surface area contributed by atoms with E-state index < -0.39 is 9.84 Å². The summed E-state index contributed by atoms with van der Waals surface area (Å²) in [6.45, 7) is 4.28. The minimum atomic E-state index is -3.43. The second-order valence-corrected chi connectivity index (χ2v) is 12.0. The number of sulfone groups is 1. The fraction of sp³-hybridized carbons (Fsp3) is 0.407. The van der Waals surface area contributed by atoms with Crippen molar-refractivity contribution in [3.05, 3.63) is 65.4 Å². The molecule has 0 unspecified atom stereocenters. The van der Waals surface area contributed by atoms with Gasteiger partial charge in [-0.15, -0.1) is 0 Å². The van der Waals surface area contributed by atoms with Crippen molar-refractivity contribution in [3.63, 3.8) is 0 Å². The average molecular weight is 514 g/mol. The van der Waals surface area contributed by atoms with E-state index in [1.165, 1.54) is 5.69 Å². The number of piperidine rings is 1. The van der Waals surface area contributed by atoms with Gasteiger partial charge in [0, 0.05) is 55.7 Å².